The highest BCUT2D eigenvalue weighted by Gasteiger charge is 2.29. The number of benzene rings is 2. The number of carbonyl (C=O) groups excluding carboxylic acids is 1. The standard InChI is InChI=1S/C31H30F3N5O2/c32-31(33,34)21-39-27(18-23-17-22(8-11-29(23)39)19-36-24-12-15-41-16-13-24)7-4-14-35-26-9-10-28(37-20-26)30(40)38-25-5-2-1-3-6-25/h1-3,5-6,8-11,17-18,20,24,35-36H,12-16,19,21H2,(H,38,40). The van der Waals surface area contributed by atoms with E-state index >= 15 is 0 Å². The Bertz CT molecular complexity index is 1530. The van der Waals surface area contributed by atoms with Crippen molar-refractivity contribution in [2.45, 2.75) is 38.1 Å². The average molecular weight is 562 g/mol. The van der Waals surface area contributed by atoms with Crippen molar-refractivity contribution in [2.75, 3.05) is 30.4 Å². The summed E-state index contributed by atoms with van der Waals surface area (Å²) < 4.78 is 46.9. The van der Waals surface area contributed by atoms with Gasteiger partial charge in [-0.05, 0) is 66.8 Å². The van der Waals surface area contributed by atoms with Crippen molar-refractivity contribution in [3.05, 3.63) is 89.9 Å². The number of alkyl halides is 3. The van der Waals surface area contributed by atoms with Crippen molar-refractivity contribution < 1.29 is 22.7 Å². The van der Waals surface area contributed by atoms with Gasteiger partial charge in [0, 0.05) is 42.4 Å². The van der Waals surface area contributed by atoms with Gasteiger partial charge in [-0.3, -0.25) is 4.79 Å². The molecule has 7 nitrogen and oxygen atoms in total. The van der Waals surface area contributed by atoms with Crippen LogP contribution < -0.4 is 16.0 Å². The van der Waals surface area contributed by atoms with E-state index in [2.05, 4.69) is 32.8 Å². The molecule has 1 fully saturated rings. The van der Waals surface area contributed by atoms with Crippen LogP contribution in [0.4, 0.5) is 24.5 Å². The lowest BCUT2D eigenvalue weighted by atomic mass is 10.1. The molecule has 0 radical (unpaired) electrons. The predicted molar refractivity (Wildman–Crippen MR) is 153 cm³/mol. The summed E-state index contributed by atoms with van der Waals surface area (Å²) in [5.41, 5.74) is 3.34. The van der Waals surface area contributed by atoms with Crippen molar-refractivity contribution in [1.82, 2.24) is 14.9 Å². The predicted octanol–water partition coefficient (Wildman–Crippen LogP) is 5.58. The molecule has 212 valence electrons. The van der Waals surface area contributed by atoms with Crippen LogP contribution in [-0.4, -0.2) is 47.4 Å². The van der Waals surface area contributed by atoms with E-state index in [1.165, 1.54) is 10.8 Å². The fourth-order valence-corrected chi connectivity index (χ4v) is 4.68. The van der Waals surface area contributed by atoms with Crippen LogP contribution in [0, 0.1) is 11.8 Å². The number of aromatic nitrogens is 2. The molecule has 2 aromatic carbocycles. The van der Waals surface area contributed by atoms with Gasteiger partial charge in [0.05, 0.1) is 24.1 Å². The van der Waals surface area contributed by atoms with E-state index in [1.54, 1.807) is 36.4 Å². The van der Waals surface area contributed by atoms with Crippen molar-refractivity contribution in [2.24, 2.45) is 0 Å². The second kappa shape index (κ2) is 12.9. The normalized spacial score (nSPS) is 13.9. The summed E-state index contributed by atoms with van der Waals surface area (Å²) in [5, 5.41) is 10.1. The maximum atomic E-state index is 13.4. The SMILES string of the molecule is O=C(Nc1ccccc1)c1ccc(NCC#Cc2cc3cc(CNC4CCOCC4)ccc3n2CC(F)(F)F)cn1. The number of pyridine rings is 1. The molecule has 0 aliphatic carbocycles. The Morgan fingerprint density at radius 2 is 1.83 bits per heavy atom. The van der Waals surface area contributed by atoms with Gasteiger partial charge in [0.2, 0.25) is 0 Å². The molecule has 10 heteroatoms. The Balaban J connectivity index is 1.24. The van der Waals surface area contributed by atoms with Gasteiger partial charge in [-0.25, -0.2) is 4.98 Å². The summed E-state index contributed by atoms with van der Waals surface area (Å²) in [7, 11) is 0. The highest BCUT2D eigenvalue weighted by atomic mass is 19.4. The number of anilines is 2. The largest absolute Gasteiger partial charge is 0.406 e. The summed E-state index contributed by atoms with van der Waals surface area (Å²) in [6, 6.07) is 19.9. The number of rotatable bonds is 8. The zero-order valence-corrected chi connectivity index (χ0v) is 22.3. The lowest BCUT2D eigenvalue weighted by molar-refractivity contribution is -0.140. The first-order chi connectivity index (χ1) is 19.8. The number of carbonyl (C=O) groups is 1. The molecular weight excluding hydrogens is 531 g/mol. The highest BCUT2D eigenvalue weighted by molar-refractivity contribution is 6.02. The van der Waals surface area contributed by atoms with Crippen LogP contribution in [0.3, 0.4) is 0 Å². The van der Waals surface area contributed by atoms with Crippen molar-refractivity contribution >= 4 is 28.2 Å². The summed E-state index contributed by atoms with van der Waals surface area (Å²) >= 11 is 0. The summed E-state index contributed by atoms with van der Waals surface area (Å²) in [4.78, 5) is 16.6. The Hall–Kier alpha value is -4.33. The third-order valence-electron chi connectivity index (χ3n) is 6.74. The first-order valence-electron chi connectivity index (χ1n) is 13.4. The van der Waals surface area contributed by atoms with E-state index in [-0.39, 0.29) is 18.1 Å². The molecule has 3 N–H and O–H groups in total. The number of para-hydroxylation sites is 1. The lowest BCUT2D eigenvalue weighted by Crippen LogP contribution is -2.34. The number of nitrogens with one attached hydrogen (secondary N) is 3. The van der Waals surface area contributed by atoms with Crippen molar-refractivity contribution in [1.29, 1.82) is 0 Å². The number of hydrogen-bond donors (Lipinski definition) is 3. The van der Waals surface area contributed by atoms with Gasteiger partial charge in [0.1, 0.15) is 12.2 Å². The van der Waals surface area contributed by atoms with Gasteiger partial charge in [0.15, 0.2) is 0 Å². The highest BCUT2D eigenvalue weighted by Crippen LogP contribution is 2.26. The lowest BCUT2D eigenvalue weighted by Gasteiger charge is -2.23. The smallest absolute Gasteiger partial charge is 0.381 e. The van der Waals surface area contributed by atoms with Crippen LogP contribution in [0.5, 0.6) is 0 Å². The molecule has 0 unspecified atom stereocenters. The van der Waals surface area contributed by atoms with Crippen molar-refractivity contribution in [3.8, 4) is 11.8 Å². The zero-order chi connectivity index (χ0) is 28.7. The summed E-state index contributed by atoms with van der Waals surface area (Å²) in [6.07, 6.45) is -0.980. The molecule has 3 heterocycles. The number of halogens is 3. The third kappa shape index (κ3) is 7.87. The van der Waals surface area contributed by atoms with Crippen LogP contribution in [0.1, 0.15) is 34.6 Å². The maximum Gasteiger partial charge on any atom is 0.406 e. The molecule has 0 spiro atoms. The molecule has 41 heavy (non-hydrogen) atoms. The first kappa shape index (κ1) is 28.2. The number of fused-ring (bicyclic) bond motifs is 1. The van der Waals surface area contributed by atoms with E-state index in [0.29, 0.717) is 40.6 Å². The summed E-state index contributed by atoms with van der Waals surface area (Å²) in [5.74, 6) is 5.47. The van der Waals surface area contributed by atoms with Crippen LogP contribution >= 0.6 is 0 Å². The molecule has 0 saturated carbocycles. The zero-order valence-electron chi connectivity index (χ0n) is 22.3. The molecule has 2 aromatic heterocycles. The quantitative estimate of drug-likeness (QED) is 0.245. The number of amides is 1. The number of ether oxygens (including phenoxy) is 1. The third-order valence-corrected chi connectivity index (χ3v) is 6.74. The van der Waals surface area contributed by atoms with E-state index in [1.807, 2.05) is 30.3 Å². The van der Waals surface area contributed by atoms with E-state index in [9.17, 15) is 18.0 Å². The fraction of sp³-hybridized carbons (Fsp3) is 0.290. The minimum atomic E-state index is -4.38. The van der Waals surface area contributed by atoms with Crippen LogP contribution in [-0.2, 0) is 17.8 Å². The van der Waals surface area contributed by atoms with E-state index in [0.717, 1.165) is 31.6 Å². The summed E-state index contributed by atoms with van der Waals surface area (Å²) in [6.45, 7) is 1.18. The number of hydrogen-bond acceptors (Lipinski definition) is 5. The molecule has 5 rings (SSSR count). The van der Waals surface area contributed by atoms with Gasteiger partial charge >= 0.3 is 6.18 Å². The molecule has 1 aliphatic rings. The van der Waals surface area contributed by atoms with E-state index < -0.39 is 12.7 Å². The maximum absolute atomic E-state index is 13.4. The fourth-order valence-electron chi connectivity index (χ4n) is 4.68. The molecular formula is C31H30F3N5O2. The Morgan fingerprint density at radius 1 is 1.02 bits per heavy atom. The van der Waals surface area contributed by atoms with Gasteiger partial charge in [-0.15, -0.1) is 0 Å². The molecule has 0 atom stereocenters. The Morgan fingerprint density at radius 3 is 2.56 bits per heavy atom. The molecule has 0 bridgehead atoms. The average Bonchev–Trinajstić information content (AvgIpc) is 3.30. The molecule has 4 aromatic rings. The Kier molecular flexibility index (Phi) is 8.87. The minimum Gasteiger partial charge on any atom is -0.381 e. The minimum absolute atomic E-state index is 0.186. The number of nitrogens with zero attached hydrogens (tertiary/aromatic N) is 2. The van der Waals surface area contributed by atoms with Crippen LogP contribution in [0.15, 0.2) is 72.9 Å². The second-order valence-electron chi connectivity index (χ2n) is 9.80. The molecule has 1 amide bonds. The molecule has 1 saturated heterocycles. The topological polar surface area (TPSA) is 80.2 Å². The first-order valence-corrected chi connectivity index (χ1v) is 13.4. The van der Waals surface area contributed by atoms with Gasteiger partial charge in [-0.1, -0.05) is 30.2 Å². The molecule has 1 aliphatic heterocycles. The Labute approximate surface area is 236 Å². The second-order valence-corrected chi connectivity index (χ2v) is 9.80. The van der Waals surface area contributed by atoms with Crippen LogP contribution in [0.2, 0.25) is 0 Å². The van der Waals surface area contributed by atoms with E-state index in [4.69, 9.17) is 4.74 Å². The monoisotopic (exact) mass is 561 g/mol. The van der Waals surface area contributed by atoms with Crippen LogP contribution in [0.25, 0.3) is 10.9 Å². The van der Waals surface area contributed by atoms with Gasteiger partial charge < -0.3 is 25.3 Å². The van der Waals surface area contributed by atoms with Gasteiger partial charge in [-0.2, -0.15) is 13.2 Å². The van der Waals surface area contributed by atoms with Crippen molar-refractivity contribution in [3.63, 3.8) is 0 Å². The van der Waals surface area contributed by atoms with Gasteiger partial charge in [0.25, 0.3) is 5.91 Å².